The van der Waals surface area contributed by atoms with Crippen molar-refractivity contribution < 1.29 is 0 Å². The number of hydrogen-bond acceptors (Lipinski definition) is 4. The predicted molar refractivity (Wildman–Crippen MR) is 76.6 cm³/mol. The van der Waals surface area contributed by atoms with Crippen LogP contribution < -0.4 is 10.2 Å². The first-order chi connectivity index (χ1) is 9.22. The van der Waals surface area contributed by atoms with Crippen molar-refractivity contribution in [3.63, 3.8) is 0 Å². The van der Waals surface area contributed by atoms with Gasteiger partial charge >= 0.3 is 0 Å². The number of nitrogens with one attached hydrogen (secondary N) is 1. The predicted octanol–water partition coefficient (Wildman–Crippen LogP) is 1.47. The number of fused-ring (bicyclic) bond motifs is 1. The molecule has 0 amide bonds. The zero-order valence-electron chi connectivity index (χ0n) is 11.6. The Kier molecular flexibility index (Phi) is 3.38. The SMILES string of the molecule is Cc1ccn2nc(N(C)CC3CCNCC3)nc2c1. The standard InChI is InChI=1S/C14H21N5/c1-11-5-8-19-13(9-11)16-14(17-19)18(2)10-12-3-6-15-7-4-12/h5,8-9,12,15H,3-4,6-7,10H2,1-2H3. The normalized spacial score (nSPS) is 16.9. The molecule has 19 heavy (non-hydrogen) atoms. The monoisotopic (exact) mass is 259 g/mol. The summed E-state index contributed by atoms with van der Waals surface area (Å²) < 4.78 is 1.85. The summed E-state index contributed by atoms with van der Waals surface area (Å²) in [5.41, 5.74) is 2.14. The maximum Gasteiger partial charge on any atom is 0.245 e. The highest BCUT2D eigenvalue weighted by atomic mass is 15.4. The van der Waals surface area contributed by atoms with Gasteiger partial charge in [0.15, 0.2) is 5.65 Å². The second kappa shape index (κ2) is 5.17. The molecule has 0 aromatic carbocycles. The largest absolute Gasteiger partial charge is 0.342 e. The molecule has 1 saturated heterocycles. The molecule has 2 aromatic heterocycles. The third kappa shape index (κ3) is 2.71. The summed E-state index contributed by atoms with van der Waals surface area (Å²) >= 11 is 0. The molecule has 0 aliphatic carbocycles. The Hall–Kier alpha value is -1.62. The van der Waals surface area contributed by atoms with E-state index in [1.165, 1.54) is 18.4 Å². The molecule has 1 aliphatic rings. The summed E-state index contributed by atoms with van der Waals surface area (Å²) in [6.45, 7) is 5.39. The van der Waals surface area contributed by atoms with Crippen molar-refractivity contribution in [2.75, 3.05) is 31.6 Å². The molecule has 1 N–H and O–H groups in total. The van der Waals surface area contributed by atoms with E-state index in [1.54, 1.807) is 0 Å². The topological polar surface area (TPSA) is 45.5 Å². The molecule has 0 saturated carbocycles. The minimum absolute atomic E-state index is 0.750. The molecule has 0 bridgehead atoms. The molecule has 5 heteroatoms. The van der Waals surface area contributed by atoms with Gasteiger partial charge in [0.1, 0.15) is 0 Å². The average Bonchev–Trinajstić information content (AvgIpc) is 2.83. The minimum atomic E-state index is 0.750. The van der Waals surface area contributed by atoms with Crippen LogP contribution in [0.3, 0.4) is 0 Å². The lowest BCUT2D eigenvalue weighted by Crippen LogP contribution is -2.34. The summed E-state index contributed by atoms with van der Waals surface area (Å²) in [4.78, 5) is 6.78. The van der Waals surface area contributed by atoms with E-state index >= 15 is 0 Å². The Morgan fingerprint density at radius 3 is 3.00 bits per heavy atom. The van der Waals surface area contributed by atoms with Crippen LogP contribution in [0, 0.1) is 12.8 Å². The van der Waals surface area contributed by atoms with E-state index in [-0.39, 0.29) is 0 Å². The van der Waals surface area contributed by atoms with Gasteiger partial charge in [-0.2, -0.15) is 4.98 Å². The number of piperidine rings is 1. The Balaban J connectivity index is 1.75. The van der Waals surface area contributed by atoms with E-state index in [1.807, 2.05) is 10.7 Å². The van der Waals surface area contributed by atoms with Gasteiger partial charge in [-0.3, -0.25) is 0 Å². The summed E-state index contributed by atoms with van der Waals surface area (Å²) in [6.07, 6.45) is 4.47. The second-order valence-corrected chi connectivity index (χ2v) is 5.49. The molecule has 1 aliphatic heterocycles. The zero-order valence-corrected chi connectivity index (χ0v) is 11.6. The van der Waals surface area contributed by atoms with Crippen LogP contribution in [0.1, 0.15) is 18.4 Å². The number of aromatic nitrogens is 3. The number of pyridine rings is 1. The van der Waals surface area contributed by atoms with Gasteiger partial charge in [0.2, 0.25) is 5.95 Å². The molecule has 3 rings (SSSR count). The fourth-order valence-electron chi connectivity index (χ4n) is 2.67. The molecule has 2 aromatic rings. The van der Waals surface area contributed by atoms with Crippen molar-refractivity contribution in [1.82, 2.24) is 19.9 Å². The Morgan fingerprint density at radius 1 is 1.42 bits per heavy atom. The first kappa shape index (κ1) is 12.4. The van der Waals surface area contributed by atoms with Gasteiger partial charge in [-0.25, -0.2) is 4.52 Å². The van der Waals surface area contributed by atoms with Crippen molar-refractivity contribution in [3.05, 3.63) is 23.9 Å². The quantitative estimate of drug-likeness (QED) is 0.907. The molecule has 0 radical (unpaired) electrons. The Labute approximate surface area is 113 Å². The lowest BCUT2D eigenvalue weighted by molar-refractivity contribution is 0.377. The number of nitrogens with zero attached hydrogens (tertiary/aromatic N) is 4. The van der Waals surface area contributed by atoms with E-state index in [0.29, 0.717) is 0 Å². The molecule has 0 atom stereocenters. The van der Waals surface area contributed by atoms with Crippen molar-refractivity contribution in [3.8, 4) is 0 Å². The third-order valence-corrected chi connectivity index (χ3v) is 3.81. The van der Waals surface area contributed by atoms with Crippen LogP contribution in [0.5, 0.6) is 0 Å². The van der Waals surface area contributed by atoms with Crippen molar-refractivity contribution in [1.29, 1.82) is 0 Å². The van der Waals surface area contributed by atoms with Crippen LogP contribution in [0.15, 0.2) is 18.3 Å². The second-order valence-electron chi connectivity index (χ2n) is 5.49. The molecule has 5 nitrogen and oxygen atoms in total. The molecule has 0 unspecified atom stereocenters. The van der Waals surface area contributed by atoms with Crippen LogP contribution in [0.4, 0.5) is 5.95 Å². The van der Waals surface area contributed by atoms with Gasteiger partial charge in [-0.15, -0.1) is 5.10 Å². The summed E-state index contributed by atoms with van der Waals surface area (Å²) in [6, 6.07) is 4.12. The van der Waals surface area contributed by atoms with Gasteiger partial charge < -0.3 is 10.2 Å². The van der Waals surface area contributed by atoms with E-state index in [4.69, 9.17) is 0 Å². The first-order valence-electron chi connectivity index (χ1n) is 6.97. The fraction of sp³-hybridized carbons (Fsp3) is 0.571. The molecular formula is C14H21N5. The maximum absolute atomic E-state index is 4.60. The number of anilines is 1. The van der Waals surface area contributed by atoms with Crippen molar-refractivity contribution in [2.45, 2.75) is 19.8 Å². The summed E-state index contributed by atoms with van der Waals surface area (Å²) in [7, 11) is 2.09. The molecule has 102 valence electrons. The molecular weight excluding hydrogens is 238 g/mol. The van der Waals surface area contributed by atoms with E-state index < -0.39 is 0 Å². The van der Waals surface area contributed by atoms with Crippen LogP contribution >= 0.6 is 0 Å². The number of hydrogen-bond donors (Lipinski definition) is 1. The molecule has 1 fully saturated rings. The lowest BCUT2D eigenvalue weighted by atomic mass is 9.98. The van der Waals surface area contributed by atoms with Crippen LogP contribution in [0.2, 0.25) is 0 Å². The lowest BCUT2D eigenvalue weighted by Gasteiger charge is -2.26. The van der Waals surface area contributed by atoms with Crippen LogP contribution in [-0.4, -0.2) is 41.3 Å². The van der Waals surface area contributed by atoms with E-state index in [9.17, 15) is 0 Å². The van der Waals surface area contributed by atoms with Gasteiger partial charge in [-0.05, 0) is 56.5 Å². The molecule has 0 spiro atoms. The van der Waals surface area contributed by atoms with E-state index in [2.05, 4.69) is 46.4 Å². The highest BCUT2D eigenvalue weighted by Gasteiger charge is 2.17. The Morgan fingerprint density at radius 2 is 2.21 bits per heavy atom. The highest BCUT2D eigenvalue weighted by Crippen LogP contribution is 2.16. The van der Waals surface area contributed by atoms with Gasteiger partial charge in [0.05, 0.1) is 0 Å². The fourth-order valence-corrected chi connectivity index (χ4v) is 2.67. The minimum Gasteiger partial charge on any atom is -0.342 e. The zero-order chi connectivity index (χ0) is 13.2. The van der Waals surface area contributed by atoms with Gasteiger partial charge in [0.25, 0.3) is 0 Å². The maximum atomic E-state index is 4.60. The number of rotatable bonds is 3. The van der Waals surface area contributed by atoms with Gasteiger partial charge in [0, 0.05) is 19.8 Å². The van der Waals surface area contributed by atoms with Crippen LogP contribution in [0.25, 0.3) is 5.65 Å². The summed E-state index contributed by atoms with van der Waals surface area (Å²) in [5, 5.41) is 7.94. The van der Waals surface area contributed by atoms with Crippen LogP contribution in [-0.2, 0) is 0 Å². The van der Waals surface area contributed by atoms with Gasteiger partial charge in [-0.1, -0.05) is 0 Å². The first-order valence-corrected chi connectivity index (χ1v) is 6.97. The summed E-state index contributed by atoms with van der Waals surface area (Å²) in [5.74, 6) is 1.57. The smallest absolute Gasteiger partial charge is 0.245 e. The Bertz CT molecular complexity index is 556. The van der Waals surface area contributed by atoms with E-state index in [0.717, 1.165) is 37.1 Å². The highest BCUT2D eigenvalue weighted by molar-refractivity contribution is 5.46. The van der Waals surface area contributed by atoms with Crippen molar-refractivity contribution in [2.24, 2.45) is 5.92 Å². The third-order valence-electron chi connectivity index (χ3n) is 3.81. The average molecular weight is 259 g/mol. The van der Waals surface area contributed by atoms with Crippen molar-refractivity contribution >= 4 is 11.6 Å². The number of aryl methyl sites for hydroxylation is 1. The molecule has 3 heterocycles.